The second-order valence-electron chi connectivity index (χ2n) is 4.32. The number of nitrogen functional groups attached to an aromatic ring is 1. The minimum absolute atomic E-state index is 0.156. The summed E-state index contributed by atoms with van der Waals surface area (Å²) in [6.07, 6.45) is 0.608. The molecule has 0 aromatic heterocycles. The van der Waals surface area contributed by atoms with Crippen LogP contribution in [-0.2, 0) is 9.53 Å². The largest absolute Gasteiger partial charge is 0.399 e. The summed E-state index contributed by atoms with van der Waals surface area (Å²) >= 11 is 0. The van der Waals surface area contributed by atoms with Crippen LogP contribution in [0.3, 0.4) is 0 Å². The van der Waals surface area contributed by atoms with E-state index in [0.29, 0.717) is 12.1 Å². The molecule has 1 aromatic rings. The lowest BCUT2D eigenvalue weighted by molar-refractivity contribution is -0.136. The van der Waals surface area contributed by atoms with E-state index in [1.165, 1.54) is 7.11 Å². The quantitative estimate of drug-likeness (QED) is 0.789. The fourth-order valence-corrected chi connectivity index (χ4v) is 1.43. The van der Waals surface area contributed by atoms with Crippen molar-refractivity contribution in [1.82, 2.24) is 0 Å². The Morgan fingerprint density at radius 2 is 2.18 bits per heavy atom. The molecule has 3 N–H and O–H groups in total. The molecule has 17 heavy (non-hydrogen) atoms. The molecule has 0 aliphatic carbocycles. The summed E-state index contributed by atoms with van der Waals surface area (Å²) in [5, 5.41) is 2.85. The highest BCUT2D eigenvalue weighted by atomic mass is 16.5. The molecule has 0 heterocycles. The summed E-state index contributed by atoms with van der Waals surface area (Å²) in [6, 6.07) is 5.43. The Kier molecular flexibility index (Phi) is 4.12. The molecule has 1 atom stereocenters. The van der Waals surface area contributed by atoms with Crippen LogP contribution in [0.15, 0.2) is 18.2 Å². The van der Waals surface area contributed by atoms with Crippen molar-refractivity contribution < 1.29 is 9.53 Å². The first-order chi connectivity index (χ1) is 7.92. The van der Waals surface area contributed by atoms with E-state index in [1.807, 2.05) is 19.9 Å². The number of anilines is 2. The summed E-state index contributed by atoms with van der Waals surface area (Å²) in [6.45, 7) is 5.60. The predicted octanol–water partition coefficient (Wildman–Crippen LogP) is 2.33. The Hall–Kier alpha value is -1.55. The zero-order valence-electron chi connectivity index (χ0n) is 10.8. The minimum atomic E-state index is -0.808. The smallest absolute Gasteiger partial charge is 0.256 e. The Bertz CT molecular complexity index is 412. The highest BCUT2D eigenvalue weighted by Gasteiger charge is 2.31. The van der Waals surface area contributed by atoms with Crippen LogP contribution >= 0.6 is 0 Å². The lowest BCUT2D eigenvalue weighted by atomic mass is 10.0. The number of methoxy groups -OCH3 is 1. The number of benzene rings is 1. The molecule has 4 heteroatoms. The molecule has 0 bridgehead atoms. The van der Waals surface area contributed by atoms with E-state index in [2.05, 4.69) is 5.32 Å². The average molecular weight is 236 g/mol. The number of nitrogens with one attached hydrogen (secondary N) is 1. The number of aryl methyl sites for hydroxylation is 1. The van der Waals surface area contributed by atoms with Crippen molar-refractivity contribution in [2.45, 2.75) is 32.8 Å². The van der Waals surface area contributed by atoms with Gasteiger partial charge in [0.2, 0.25) is 0 Å². The van der Waals surface area contributed by atoms with Gasteiger partial charge < -0.3 is 15.8 Å². The van der Waals surface area contributed by atoms with Crippen LogP contribution in [0.1, 0.15) is 25.8 Å². The van der Waals surface area contributed by atoms with Gasteiger partial charge in [-0.15, -0.1) is 0 Å². The Morgan fingerprint density at radius 1 is 1.53 bits per heavy atom. The van der Waals surface area contributed by atoms with Crippen molar-refractivity contribution in [3.63, 3.8) is 0 Å². The molecule has 4 nitrogen and oxygen atoms in total. The van der Waals surface area contributed by atoms with Crippen LogP contribution in [0.4, 0.5) is 11.4 Å². The van der Waals surface area contributed by atoms with Gasteiger partial charge in [0.25, 0.3) is 5.91 Å². The van der Waals surface area contributed by atoms with Gasteiger partial charge in [0, 0.05) is 18.5 Å². The van der Waals surface area contributed by atoms with Crippen molar-refractivity contribution >= 4 is 17.3 Å². The van der Waals surface area contributed by atoms with Gasteiger partial charge in [0.15, 0.2) is 0 Å². The SMILES string of the molecule is CCC(C)(OC)C(=O)Nc1cc(N)ccc1C. The fourth-order valence-electron chi connectivity index (χ4n) is 1.43. The lowest BCUT2D eigenvalue weighted by Crippen LogP contribution is -2.41. The summed E-state index contributed by atoms with van der Waals surface area (Å²) in [7, 11) is 1.54. The molecule has 0 saturated carbocycles. The summed E-state index contributed by atoms with van der Waals surface area (Å²) in [5.74, 6) is -0.156. The molecule has 0 spiro atoms. The number of carbonyl (C=O) groups excluding carboxylic acids is 1. The highest BCUT2D eigenvalue weighted by molar-refractivity contribution is 5.97. The van der Waals surface area contributed by atoms with E-state index >= 15 is 0 Å². The second-order valence-corrected chi connectivity index (χ2v) is 4.32. The monoisotopic (exact) mass is 236 g/mol. The van der Waals surface area contributed by atoms with E-state index in [9.17, 15) is 4.79 Å². The van der Waals surface area contributed by atoms with Gasteiger partial charge in [0.05, 0.1) is 0 Å². The maximum Gasteiger partial charge on any atom is 0.256 e. The number of nitrogens with two attached hydrogens (primary N) is 1. The van der Waals surface area contributed by atoms with Gasteiger partial charge in [-0.1, -0.05) is 13.0 Å². The Balaban J connectivity index is 2.91. The number of rotatable bonds is 4. The molecule has 0 aliphatic heterocycles. The zero-order chi connectivity index (χ0) is 13.1. The number of carbonyl (C=O) groups is 1. The van der Waals surface area contributed by atoms with Gasteiger partial charge in [0.1, 0.15) is 5.60 Å². The number of ether oxygens (including phenoxy) is 1. The van der Waals surface area contributed by atoms with Gasteiger partial charge in [-0.3, -0.25) is 4.79 Å². The van der Waals surface area contributed by atoms with Crippen molar-refractivity contribution in [3.05, 3.63) is 23.8 Å². The molecule has 1 aromatic carbocycles. The van der Waals surface area contributed by atoms with Crippen LogP contribution in [0.25, 0.3) is 0 Å². The van der Waals surface area contributed by atoms with E-state index in [4.69, 9.17) is 10.5 Å². The topological polar surface area (TPSA) is 64.3 Å². The van der Waals surface area contributed by atoms with Gasteiger partial charge in [-0.2, -0.15) is 0 Å². The third-order valence-corrected chi connectivity index (χ3v) is 3.12. The van der Waals surface area contributed by atoms with Gasteiger partial charge in [-0.25, -0.2) is 0 Å². The van der Waals surface area contributed by atoms with E-state index in [-0.39, 0.29) is 5.91 Å². The van der Waals surface area contributed by atoms with Crippen molar-refractivity contribution in [2.75, 3.05) is 18.2 Å². The Morgan fingerprint density at radius 3 is 2.71 bits per heavy atom. The summed E-state index contributed by atoms with van der Waals surface area (Å²) in [5.41, 5.74) is 7.22. The van der Waals surface area contributed by atoms with E-state index in [1.54, 1.807) is 19.1 Å². The highest BCUT2D eigenvalue weighted by Crippen LogP contribution is 2.22. The number of hydrogen-bond donors (Lipinski definition) is 2. The normalized spacial score (nSPS) is 14.1. The molecule has 0 radical (unpaired) electrons. The van der Waals surface area contributed by atoms with Crippen LogP contribution in [0, 0.1) is 6.92 Å². The maximum atomic E-state index is 12.1. The third-order valence-electron chi connectivity index (χ3n) is 3.12. The first-order valence-electron chi connectivity index (χ1n) is 5.65. The third kappa shape index (κ3) is 2.97. The van der Waals surface area contributed by atoms with E-state index in [0.717, 1.165) is 11.3 Å². The van der Waals surface area contributed by atoms with Crippen LogP contribution in [-0.4, -0.2) is 18.6 Å². The first kappa shape index (κ1) is 13.5. The summed E-state index contributed by atoms with van der Waals surface area (Å²) < 4.78 is 5.25. The predicted molar refractivity (Wildman–Crippen MR) is 69.9 cm³/mol. The standard InChI is InChI=1S/C13H20N2O2/c1-5-13(3,17-4)12(16)15-11-8-10(14)7-6-9(11)2/h6-8H,5,14H2,1-4H3,(H,15,16). The van der Waals surface area contributed by atoms with E-state index < -0.39 is 5.60 Å². The molecule has 1 amide bonds. The van der Waals surface area contributed by atoms with Crippen molar-refractivity contribution in [1.29, 1.82) is 0 Å². The lowest BCUT2D eigenvalue weighted by Gasteiger charge is -2.25. The number of amides is 1. The molecule has 1 unspecified atom stereocenters. The van der Waals surface area contributed by atoms with Crippen LogP contribution in [0.5, 0.6) is 0 Å². The molecular weight excluding hydrogens is 216 g/mol. The van der Waals surface area contributed by atoms with Crippen molar-refractivity contribution in [3.8, 4) is 0 Å². The molecule has 0 fully saturated rings. The van der Waals surface area contributed by atoms with Crippen LogP contribution < -0.4 is 11.1 Å². The maximum absolute atomic E-state index is 12.1. The molecular formula is C13H20N2O2. The second kappa shape index (κ2) is 5.19. The minimum Gasteiger partial charge on any atom is -0.399 e. The van der Waals surface area contributed by atoms with Gasteiger partial charge >= 0.3 is 0 Å². The average Bonchev–Trinajstić information content (AvgIpc) is 2.32. The summed E-state index contributed by atoms with van der Waals surface area (Å²) in [4.78, 5) is 12.1. The Labute approximate surface area is 102 Å². The van der Waals surface area contributed by atoms with Crippen LogP contribution in [0.2, 0.25) is 0 Å². The fraction of sp³-hybridized carbons (Fsp3) is 0.462. The molecule has 0 saturated heterocycles. The molecule has 1 rings (SSSR count). The first-order valence-corrected chi connectivity index (χ1v) is 5.65. The zero-order valence-corrected chi connectivity index (χ0v) is 10.8. The van der Waals surface area contributed by atoms with Gasteiger partial charge in [-0.05, 0) is 38.0 Å². The number of hydrogen-bond acceptors (Lipinski definition) is 3. The molecule has 0 aliphatic rings. The molecule has 94 valence electrons. The van der Waals surface area contributed by atoms with Crippen molar-refractivity contribution in [2.24, 2.45) is 0 Å².